The summed E-state index contributed by atoms with van der Waals surface area (Å²) in [6.45, 7) is 0. The average molecular weight is 263 g/mol. The maximum Gasteiger partial charge on any atom is 2.00 e. The summed E-state index contributed by atoms with van der Waals surface area (Å²) in [5.74, 6) is 0.854. The predicted molar refractivity (Wildman–Crippen MR) is 43.0 cm³/mol. The van der Waals surface area contributed by atoms with Crippen LogP contribution in [-0.4, -0.2) is 7.11 Å². The molecule has 0 atom stereocenters. The Hall–Kier alpha value is -0.0277. The number of ether oxygens (including phenoxy) is 1. The molecule has 0 spiro atoms. The Morgan fingerprint density at radius 3 is 2.45 bits per heavy atom. The summed E-state index contributed by atoms with van der Waals surface area (Å²) >= 11 is 4.39. The minimum Gasteiger partial charge on any atom is -0.554 e. The van der Waals surface area contributed by atoms with Gasteiger partial charge in [-0.1, -0.05) is 0 Å². The zero-order chi connectivity index (χ0) is 7.82. The predicted octanol–water partition coefficient (Wildman–Crippen LogP) is 2.51. The van der Waals surface area contributed by atoms with Crippen molar-refractivity contribution in [1.82, 2.24) is 0 Å². The molecule has 1 nitrogen and oxygen atoms in total. The van der Waals surface area contributed by atoms with Gasteiger partial charge in [0.15, 0.2) is 0 Å². The summed E-state index contributed by atoms with van der Waals surface area (Å²) in [4.78, 5) is 0. The molecule has 0 N–H and O–H groups in total. The molecule has 0 amide bonds. The average Bonchev–Trinajstić information content (AvgIpc) is 2.10. The molecule has 0 radical (unpaired) electrons. The van der Waals surface area contributed by atoms with Gasteiger partial charge in [0, 0.05) is 5.75 Å². The number of methoxy groups -OCH3 is 1. The van der Waals surface area contributed by atoms with Crippen molar-refractivity contribution < 1.29 is 25.2 Å². The molecule has 0 aliphatic heterocycles. The third kappa shape index (κ3) is 6.37. The van der Waals surface area contributed by atoms with E-state index < -0.39 is 0 Å². The summed E-state index contributed by atoms with van der Waals surface area (Å²) in [5.41, 5.74) is 0. The third-order valence-electron chi connectivity index (χ3n) is 0.914. The largest absolute Gasteiger partial charge is 2.00 e. The molecule has 0 saturated carbocycles. The fraction of sp³-hybridized carbons (Fsp3) is 0.125. The van der Waals surface area contributed by atoms with Crippen LogP contribution in [0.5, 0.6) is 5.75 Å². The smallest absolute Gasteiger partial charge is 0.554 e. The van der Waals surface area contributed by atoms with Crippen LogP contribution in [0.2, 0.25) is 0 Å². The van der Waals surface area contributed by atoms with Gasteiger partial charge in [0.1, 0.15) is 0 Å². The van der Waals surface area contributed by atoms with Crippen molar-refractivity contribution in [2.45, 2.75) is 0 Å². The summed E-state index contributed by atoms with van der Waals surface area (Å²) < 4.78 is 4.88. The zero-order valence-corrected chi connectivity index (χ0v) is 8.43. The second kappa shape index (κ2) is 9.97. The number of hydrogen-bond donors (Lipinski definition) is 0. The van der Waals surface area contributed by atoms with Gasteiger partial charge in [0.05, 0.1) is 7.11 Å². The van der Waals surface area contributed by atoms with Crippen LogP contribution in [0.3, 0.4) is 0 Å². The molecule has 0 aromatic heterocycles. The molecule has 64 valence electrons. The van der Waals surface area contributed by atoms with Crippen molar-refractivity contribution in [1.29, 1.82) is 0 Å². The van der Waals surface area contributed by atoms with Crippen LogP contribution in [0, 0.1) is 12.4 Å². The molecule has 1 aromatic carbocycles. The summed E-state index contributed by atoms with van der Waals surface area (Å²) in [6, 6.07) is 10.3. The van der Waals surface area contributed by atoms with E-state index >= 15 is 0 Å². The standard InChI is InChI=1S/C7H7O.CH2Cl.Pd/c1-8-7-5-3-2-4-6-7;1-2;/h2-3,5-6H,1H3;1H2;/q2*-1;+2. The molecule has 0 bridgehead atoms. The number of rotatable bonds is 1. The van der Waals surface area contributed by atoms with E-state index in [1.807, 2.05) is 18.2 Å². The van der Waals surface area contributed by atoms with Crippen LogP contribution < -0.4 is 4.74 Å². The van der Waals surface area contributed by atoms with Crippen molar-refractivity contribution in [3.05, 3.63) is 36.7 Å². The van der Waals surface area contributed by atoms with Gasteiger partial charge in [0.2, 0.25) is 0 Å². The van der Waals surface area contributed by atoms with E-state index in [0.717, 1.165) is 5.75 Å². The quantitative estimate of drug-likeness (QED) is 0.558. The Morgan fingerprint density at radius 2 is 2.18 bits per heavy atom. The summed E-state index contributed by atoms with van der Waals surface area (Å²) in [7, 11) is 1.64. The molecular weight excluding hydrogens is 254 g/mol. The Labute approximate surface area is 86.4 Å². The number of benzene rings is 1. The fourth-order valence-electron chi connectivity index (χ4n) is 0.504. The van der Waals surface area contributed by atoms with E-state index in [0.29, 0.717) is 0 Å². The van der Waals surface area contributed by atoms with E-state index in [9.17, 15) is 0 Å². The first-order chi connectivity index (χ1) is 4.93. The van der Waals surface area contributed by atoms with E-state index in [-0.39, 0.29) is 20.4 Å². The Balaban J connectivity index is 0. The van der Waals surface area contributed by atoms with Crippen LogP contribution in [0.1, 0.15) is 0 Å². The van der Waals surface area contributed by atoms with Gasteiger partial charge in [-0.2, -0.15) is 18.2 Å². The molecule has 3 heteroatoms. The molecule has 1 rings (SSSR count). The molecule has 0 aliphatic carbocycles. The van der Waals surface area contributed by atoms with Crippen LogP contribution in [0.15, 0.2) is 24.3 Å². The third-order valence-corrected chi connectivity index (χ3v) is 0.914. The number of halogens is 1. The van der Waals surface area contributed by atoms with Crippen LogP contribution in [-0.2, 0) is 20.4 Å². The molecule has 0 fully saturated rings. The Bertz CT molecular complexity index is 155. The van der Waals surface area contributed by atoms with E-state index in [4.69, 9.17) is 4.74 Å². The maximum absolute atomic E-state index is 4.88. The molecule has 1 aromatic rings. The number of hydrogen-bond acceptors (Lipinski definition) is 1. The minimum atomic E-state index is 0. The molecular formula is C8H9ClOPd. The second-order valence-corrected chi connectivity index (χ2v) is 1.44. The van der Waals surface area contributed by atoms with Crippen molar-refractivity contribution in [3.8, 4) is 5.75 Å². The Kier molecular flexibility index (Phi) is 12.3. The normalized spacial score (nSPS) is 6.82. The SMILES string of the molecule is COc1c[c-]ccc1.[CH2-]Cl.[Pd+2]. The van der Waals surface area contributed by atoms with Crippen LogP contribution in [0.25, 0.3) is 0 Å². The van der Waals surface area contributed by atoms with Gasteiger partial charge in [-0.25, -0.2) is 0 Å². The van der Waals surface area contributed by atoms with Gasteiger partial charge >= 0.3 is 20.4 Å². The van der Waals surface area contributed by atoms with Gasteiger partial charge in [-0.15, -0.1) is 12.1 Å². The first kappa shape index (κ1) is 13.6. The van der Waals surface area contributed by atoms with Gasteiger partial charge in [0.25, 0.3) is 0 Å². The van der Waals surface area contributed by atoms with E-state index in [1.54, 1.807) is 13.2 Å². The zero-order valence-electron chi connectivity index (χ0n) is 6.12. The van der Waals surface area contributed by atoms with Crippen molar-refractivity contribution in [3.63, 3.8) is 0 Å². The fourth-order valence-corrected chi connectivity index (χ4v) is 0.504. The topological polar surface area (TPSA) is 9.23 Å². The second-order valence-electron chi connectivity index (χ2n) is 1.44. The molecule has 0 saturated heterocycles. The molecule has 0 heterocycles. The maximum atomic E-state index is 4.88. The first-order valence-electron chi connectivity index (χ1n) is 2.70. The van der Waals surface area contributed by atoms with E-state index in [1.165, 1.54) is 0 Å². The van der Waals surface area contributed by atoms with Gasteiger partial charge in [-0.3, -0.25) is 6.38 Å². The first-order valence-corrected chi connectivity index (χ1v) is 3.24. The monoisotopic (exact) mass is 262 g/mol. The van der Waals surface area contributed by atoms with E-state index in [2.05, 4.69) is 24.1 Å². The summed E-state index contributed by atoms with van der Waals surface area (Å²) in [5, 5.41) is 0. The molecule has 0 unspecified atom stereocenters. The molecule has 11 heavy (non-hydrogen) atoms. The Morgan fingerprint density at radius 1 is 1.55 bits per heavy atom. The minimum absolute atomic E-state index is 0. The summed E-state index contributed by atoms with van der Waals surface area (Å²) in [6.07, 6.45) is 2.72. The van der Waals surface area contributed by atoms with Crippen LogP contribution in [0.4, 0.5) is 0 Å². The molecule has 0 aliphatic rings. The van der Waals surface area contributed by atoms with Gasteiger partial charge < -0.3 is 16.3 Å². The van der Waals surface area contributed by atoms with Crippen LogP contribution >= 0.6 is 11.6 Å². The van der Waals surface area contributed by atoms with Gasteiger partial charge in [-0.05, 0) is 0 Å². The van der Waals surface area contributed by atoms with Crippen molar-refractivity contribution >= 4 is 11.6 Å². The van der Waals surface area contributed by atoms with Crippen molar-refractivity contribution in [2.24, 2.45) is 0 Å². The van der Waals surface area contributed by atoms with Crippen molar-refractivity contribution in [2.75, 3.05) is 7.11 Å².